The Bertz CT molecular complexity index is 344. The fraction of sp³-hybridized carbons (Fsp3) is 0.800. The lowest BCUT2D eigenvalue weighted by Gasteiger charge is -2.17. The van der Waals surface area contributed by atoms with Gasteiger partial charge < -0.3 is 10.6 Å². The number of hydrogen-bond acceptors (Lipinski definition) is 3. The molecule has 0 aromatic heterocycles. The molecule has 0 atom stereocenters. The summed E-state index contributed by atoms with van der Waals surface area (Å²) < 4.78 is 0. The Kier molecular flexibility index (Phi) is 8.11. The van der Waals surface area contributed by atoms with Gasteiger partial charge in [0.15, 0.2) is 5.78 Å². The van der Waals surface area contributed by atoms with Crippen LogP contribution in [-0.2, 0) is 14.4 Å². The molecule has 0 fully saturated rings. The van der Waals surface area contributed by atoms with Crippen molar-refractivity contribution in [2.75, 3.05) is 13.1 Å². The average Bonchev–Trinajstić information content (AvgIpc) is 2.29. The second-order valence-corrected chi connectivity index (χ2v) is 6.75. The van der Waals surface area contributed by atoms with Crippen molar-refractivity contribution in [3.63, 3.8) is 0 Å². The predicted octanol–water partition coefficient (Wildman–Crippen LogP) is 1.66. The zero-order chi connectivity index (χ0) is 15.8. The number of amides is 2. The summed E-state index contributed by atoms with van der Waals surface area (Å²) in [5.41, 5.74) is -0.0934. The predicted molar refractivity (Wildman–Crippen MR) is 79.2 cm³/mol. The van der Waals surface area contributed by atoms with E-state index in [-0.39, 0.29) is 42.4 Å². The van der Waals surface area contributed by atoms with Gasteiger partial charge in [-0.05, 0) is 11.3 Å². The summed E-state index contributed by atoms with van der Waals surface area (Å²) in [5.74, 6) is 0.0291. The van der Waals surface area contributed by atoms with Crippen molar-refractivity contribution in [3.05, 3.63) is 0 Å². The van der Waals surface area contributed by atoms with Crippen molar-refractivity contribution in [2.24, 2.45) is 11.3 Å². The molecule has 0 aliphatic carbocycles. The monoisotopic (exact) mass is 284 g/mol. The van der Waals surface area contributed by atoms with Crippen LogP contribution in [-0.4, -0.2) is 30.7 Å². The van der Waals surface area contributed by atoms with Gasteiger partial charge in [0.2, 0.25) is 11.8 Å². The first-order chi connectivity index (χ1) is 9.10. The molecular formula is C15H28N2O3. The van der Waals surface area contributed by atoms with Gasteiger partial charge in [-0.2, -0.15) is 0 Å². The minimum Gasteiger partial charge on any atom is -0.356 e. The summed E-state index contributed by atoms with van der Waals surface area (Å²) in [5, 5.41) is 5.35. The summed E-state index contributed by atoms with van der Waals surface area (Å²) in [6, 6.07) is 0. The first-order valence-electron chi connectivity index (χ1n) is 7.15. The molecule has 0 heterocycles. The van der Waals surface area contributed by atoms with Gasteiger partial charge >= 0.3 is 0 Å². The maximum absolute atomic E-state index is 11.6. The summed E-state index contributed by atoms with van der Waals surface area (Å²) in [6.07, 6.45) is 0.732. The van der Waals surface area contributed by atoms with Crippen LogP contribution in [0.1, 0.15) is 53.9 Å². The lowest BCUT2D eigenvalue weighted by molar-refractivity contribution is -0.127. The lowest BCUT2D eigenvalue weighted by atomic mass is 9.92. The quantitative estimate of drug-likeness (QED) is 0.712. The van der Waals surface area contributed by atoms with Crippen LogP contribution in [0.2, 0.25) is 0 Å². The number of ketones is 1. The van der Waals surface area contributed by atoms with Gasteiger partial charge in [0, 0.05) is 25.8 Å². The van der Waals surface area contributed by atoms with E-state index in [1.807, 2.05) is 34.6 Å². The van der Waals surface area contributed by atoms with Crippen LogP contribution in [0.15, 0.2) is 0 Å². The summed E-state index contributed by atoms with van der Waals surface area (Å²) in [6.45, 7) is 10.5. The molecule has 20 heavy (non-hydrogen) atoms. The highest BCUT2D eigenvalue weighted by Crippen LogP contribution is 2.17. The van der Waals surface area contributed by atoms with E-state index in [0.717, 1.165) is 0 Å². The standard InChI is InChI=1S/C15H28N2O3/c1-11(2)9-16-13(19)7-6-12(18)10-17-14(20)8-15(3,4)5/h11H,6-10H2,1-5H3,(H,16,19)(H,17,20). The molecule has 0 rings (SSSR count). The van der Waals surface area contributed by atoms with Crippen molar-refractivity contribution in [1.29, 1.82) is 0 Å². The normalized spacial score (nSPS) is 11.3. The molecule has 5 nitrogen and oxygen atoms in total. The van der Waals surface area contributed by atoms with Crippen LogP contribution in [0.5, 0.6) is 0 Å². The zero-order valence-corrected chi connectivity index (χ0v) is 13.3. The highest BCUT2D eigenvalue weighted by Gasteiger charge is 2.16. The summed E-state index contributed by atoms with van der Waals surface area (Å²) in [4.78, 5) is 34.5. The van der Waals surface area contributed by atoms with E-state index in [2.05, 4.69) is 10.6 Å². The molecule has 0 unspecified atom stereocenters. The van der Waals surface area contributed by atoms with Crippen LogP contribution in [0, 0.1) is 11.3 Å². The highest BCUT2D eigenvalue weighted by atomic mass is 16.2. The summed E-state index contributed by atoms with van der Waals surface area (Å²) >= 11 is 0. The molecule has 5 heteroatoms. The second-order valence-electron chi connectivity index (χ2n) is 6.75. The number of Topliss-reactive ketones (excluding diaryl/α,β-unsaturated/α-hetero) is 1. The number of rotatable bonds is 8. The number of hydrogen-bond donors (Lipinski definition) is 2. The first kappa shape index (κ1) is 18.6. The first-order valence-corrected chi connectivity index (χ1v) is 7.15. The van der Waals surface area contributed by atoms with Gasteiger partial charge in [0.25, 0.3) is 0 Å². The van der Waals surface area contributed by atoms with E-state index >= 15 is 0 Å². The van der Waals surface area contributed by atoms with E-state index in [9.17, 15) is 14.4 Å². The fourth-order valence-electron chi connectivity index (χ4n) is 1.49. The molecule has 2 N–H and O–H groups in total. The topological polar surface area (TPSA) is 75.3 Å². The van der Waals surface area contributed by atoms with Crippen molar-refractivity contribution in [3.8, 4) is 0 Å². The fourth-order valence-corrected chi connectivity index (χ4v) is 1.49. The molecule has 0 saturated carbocycles. The Balaban J connectivity index is 3.79. The Morgan fingerprint density at radius 1 is 0.950 bits per heavy atom. The number of carbonyl (C=O) groups is 3. The molecule has 0 aromatic rings. The van der Waals surface area contributed by atoms with Gasteiger partial charge in [-0.25, -0.2) is 0 Å². The Morgan fingerprint density at radius 2 is 1.55 bits per heavy atom. The number of nitrogens with one attached hydrogen (secondary N) is 2. The third-order valence-electron chi connectivity index (χ3n) is 2.51. The van der Waals surface area contributed by atoms with Gasteiger partial charge in [-0.3, -0.25) is 14.4 Å². The SMILES string of the molecule is CC(C)CNC(=O)CCC(=O)CNC(=O)CC(C)(C)C. The maximum atomic E-state index is 11.6. The van der Waals surface area contributed by atoms with E-state index in [4.69, 9.17) is 0 Å². The molecule has 0 aromatic carbocycles. The zero-order valence-electron chi connectivity index (χ0n) is 13.3. The minimum atomic E-state index is -0.130. The van der Waals surface area contributed by atoms with Crippen molar-refractivity contribution >= 4 is 17.6 Å². The van der Waals surface area contributed by atoms with Gasteiger partial charge in [-0.15, -0.1) is 0 Å². The average molecular weight is 284 g/mol. The molecule has 2 amide bonds. The smallest absolute Gasteiger partial charge is 0.220 e. The van der Waals surface area contributed by atoms with E-state index in [0.29, 0.717) is 18.9 Å². The highest BCUT2D eigenvalue weighted by molar-refractivity contribution is 5.89. The molecular weight excluding hydrogens is 256 g/mol. The molecule has 0 aliphatic heterocycles. The lowest BCUT2D eigenvalue weighted by Crippen LogP contribution is -2.33. The largest absolute Gasteiger partial charge is 0.356 e. The third-order valence-corrected chi connectivity index (χ3v) is 2.51. The second kappa shape index (κ2) is 8.72. The van der Waals surface area contributed by atoms with Gasteiger partial charge in [-0.1, -0.05) is 34.6 Å². The van der Waals surface area contributed by atoms with E-state index in [1.165, 1.54) is 0 Å². The van der Waals surface area contributed by atoms with Gasteiger partial charge in [0.1, 0.15) is 0 Å². The Hall–Kier alpha value is -1.39. The number of carbonyl (C=O) groups excluding carboxylic acids is 3. The maximum Gasteiger partial charge on any atom is 0.220 e. The van der Waals surface area contributed by atoms with Crippen LogP contribution in [0.25, 0.3) is 0 Å². The Morgan fingerprint density at radius 3 is 2.05 bits per heavy atom. The van der Waals surface area contributed by atoms with E-state index < -0.39 is 0 Å². The van der Waals surface area contributed by atoms with Crippen molar-refractivity contribution < 1.29 is 14.4 Å². The molecule has 0 spiro atoms. The van der Waals surface area contributed by atoms with E-state index in [1.54, 1.807) is 0 Å². The van der Waals surface area contributed by atoms with Crippen LogP contribution in [0.4, 0.5) is 0 Å². The van der Waals surface area contributed by atoms with Crippen LogP contribution in [0.3, 0.4) is 0 Å². The minimum absolute atomic E-state index is 0.00632. The molecule has 116 valence electrons. The van der Waals surface area contributed by atoms with Crippen LogP contribution < -0.4 is 10.6 Å². The van der Waals surface area contributed by atoms with Crippen molar-refractivity contribution in [2.45, 2.75) is 53.9 Å². The molecule has 0 saturated heterocycles. The van der Waals surface area contributed by atoms with Crippen LogP contribution >= 0.6 is 0 Å². The Labute approximate surface area is 121 Å². The van der Waals surface area contributed by atoms with Crippen molar-refractivity contribution in [1.82, 2.24) is 10.6 Å². The van der Waals surface area contributed by atoms with Gasteiger partial charge in [0.05, 0.1) is 6.54 Å². The molecule has 0 aliphatic rings. The third kappa shape index (κ3) is 11.7. The molecule has 0 radical (unpaired) electrons. The summed E-state index contributed by atoms with van der Waals surface area (Å²) in [7, 11) is 0. The molecule has 0 bridgehead atoms.